The third-order valence-electron chi connectivity index (χ3n) is 10.4. The average Bonchev–Trinajstić information content (AvgIpc) is 4.00. The van der Waals surface area contributed by atoms with Gasteiger partial charge < -0.3 is 9.47 Å². The molecule has 4 aromatic carbocycles. The zero-order valence-corrected chi connectivity index (χ0v) is 32.1. The first-order valence-corrected chi connectivity index (χ1v) is 20.3. The summed E-state index contributed by atoms with van der Waals surface area (Å²) >= 11 is 5.63. The van der Waals surface area contributed by atoms with E-state index in [1.807, 2.05) is 46.1 Å². The second kappa shape index (κ2) is 14.3. The summed E-state index contributed by atoms with van der Waals surface area (Å²) in [5, 5.41) is 0. The number of hydrogen-bond acceptors (Lipinski definition) is 5. The molecule has 0 bridgehead atoms. The Balaban J connectivity index is 1.08. The van der Waals surface area contributed by atoms with Gasteiger partial charge in [0.05, 0.1) is 14.2 Å². The molecule has 1 unspecified atom stereocenters. The standard InChI is InChI=1S/C46H42O2S3/c1-5-6-7-8-27-46(2)38-28-32(30-9-15-34(47-3)16-10-30)13-19-36(38)37-20-14-33(29-39(37)46)41-22-24-43(50-41)45-26-25-44(51-45)42-23-21-40(49-42)31-11-17-35(48-4)18-12-31/h9-26,28-29H,5-8,27H2,1-4H3. The molecule has 1 aliphatic rings. The maximum atomic E-state index is 5.43. The molecule has 0 saturated carbocycles. The molecule has 0 N–H and O–H groups in total. The SMILES string of the molecule is CCCCCCC1(C)c2cc(-c3ccc(OC)cc3)ccc2-c2ccc(-c3ccc(-c4ccc(-c5ccc(-c6ccc(OC)cc6)s5)s4)s3)cc21. The number of methoxy groups -OCH3 is 2. The van der Waals surface area contributed by atoms with Crippen molar-refractivity contribution in [2.45, 2.75) is 51.4 Å². The third kappa shape index (κ3) is 6.48. The number of thiophene rings is 3. The number of benzene rings is 4. The molecule has 8 rings (SSSR count). The van der Waals surface area contributed by atoms with E-state index in [0.29, 0.717) is 0 Å². The van der Waals surface area contributed by atoms with Crippen LogP contribution in [0.25, 0.3) is 62.6 Å². The second-order valence-electron chi connectivity index (χ2n) is 13.6. The summed E-state index contributed by atoms with van der Waals surface area (Å²) in [5.41, 5.74) is 10.7. The second-order valence-corrected chi connectivity index (χ2v) is 16.9. The zero-order valence-electron chi connectivity index (χ0n) is 29.6. The van der Waals surface area contributed by atoms with Gasteiger partial charge in [0.15, 0.2) is 0 Å². The fraction of sp³-hybridized carbons (Fsp3) is 0.217. The first-order valence-electron chi connectivity index (χ1n) is 17.9. The lowest BCUT2D eigenvalue weighted by atomic mass is 9.75. The van der Waals surface area contributed by atoms with E-state index in [0.717, 1.165) is 17.9 Å². The number of rotatable bonds is 12. The topological polar surface area (TPSA) is 18.5 Å². The minimum Gasteiger partial charge on any atom is -0.497 e. The van der Waals surface area contributed by atoms with E-state index in [4.69, 9.17) is 9.47 Å². The highest BCUT2D eigenvalue weighted by Gasteiger charge is 2.39. The highest BCUT2D eigenvalue weighted by atomic mass is 32.1. The molecule has 3 heterocycles. The molecule has 0 fully saturated rings. The van der Waals surface area contributed by atoms with Crippen LogP contribution in [-0.4, -0.2) is 14.2 Å². The molecule has 51 heavy (non-hydrogen) atoms. The van der Waals surface area contributed by atoms with Crippen molar-refractivity contribution in [2.24, 2.45) is 0 Å². The van der Waals surface area contributed by atoms with Crippen LogP contribution in [0.15, 0.2) is 121 Å². The highest BCUT2D eigenvalue weighted by molar-refractivity contribution is 7.27. The molecule has 1 atom stereocenters. The van der Waals surface area contributed by atoms with Crippen LogP contribution >= 0.6 is 34.0 Å². The monoisotopic (exact) mass is 722 g/mol. The summed E-state index contributed by atoms with van der Waals surface area (Å²) in [6, 6.07) is 44.8. The molecule has 0 saturated heterocycles. The number of fused-ring (bicyclic) bond motifs is 3. The Labute approximate surface area is 314 Å². The Kier molecular flexibility index (Phi) is 9.45. The van der Waals surface area contributed by atoms with E-state index in [-0.39, 0.29) is 5.41 Å². The van der Waals surface area contributed by atoms with E-state index in [2.05, 4.69) is 123 Å². The van der Waals surface area contributed by atoms with Crippen LogP contribution in [0.2, 0.25) is 0 Å². The molecule has 3 aromatic heterocycles. The van der Waals surface area contributed by atoms with Crippen molar-refractivity contribution in [3.8, 4) is 74.1 Å². The molecule has 5 heteroatoms. The first-order chi connectivity index (χ1) is 25.0. The smallest absolute Gasteiger partial charge is 0.118 e. The van der Waals surface area contributed by atoms with Gasteiger partial charge in [-0.15, -0.1) is 34.0 Å². The molecule has 0 radical (unpaired) electrons. The predicted octanol–water partition coefficient (Wildman–Crippen LogP) is 14.5. The lowest BCUT2D eigenvalue weighted by Gasteiger charge is -2.28. The number of hydrogen-bond donors (Lipinski definition) is 0. The summed E-state index contributed by atoms with van der Waals surface area (Å²) in [5.74, 6) is 1.77. The summed E-state index contributed by atoms with van der Waals surface area (Å²) in [4.78, 5) is 7.86. The highest BCUT2D eigenvalue weighted by Crippen LogP contribution is 2.54. The zero-order chi connectivity index (χ0) is 35.0. The predicted molar refractivity (Wildman–Crippen MR) is 221 cm³/mol. The van der Waals surface area contributed by atoms with Crippen molar-refractivity contribution < 1.29 is 9.47 Å². The van der Waals surface area contributed by atoms with Gasteiger partial charge in [-0.05, 0) is 136 Å². The van der Waals surface area contributed by atoms with Crippen LogP contribution in [0.3, 0.4) is 0 Å². The van der Waals surface area contributed by atoms with Crippen LogP contribution in [0.5, 0.6) is 11.5 Å². The molecular formula is C46H42O2S3. The first kappa shape index (κ1) is 33.7. The Morgan fingerprint density at radius 1 is 0.451 bits per heavy atom. The molecule has 0 amide bonds. The van der Waals surface area contributed by atoms with Crippen molar-refractivity contribution in [2.75, 3.05) is 14.2 Å². The molecule has 2 nitrogen and oxygen atoms in total. The van der Waals surface area contributed by atoms with Gasteiger partial charge in [-0.2, -0.15) is 0 Å². The Morgan fingerprint density at radius 3 is 1.41 bits per heavy atom. The Morgan fingerprint density at radius 2 is 0.882 bits per heavy atom. The Hall–Kier alpha value is -4.42. The molecular weight excluding hydrogens is 681 g/mol. The van der Waals surface area contributed by atoms with Crippen LogP contribution < -0.4 is 9.47 Å². The fourth-order valence-electron chi connectivity index (χ4n) is 7.52. The van der Waals surface area contributed by atoms with Gasteiger partial charge in [-0.1, -0.05) is 75.9 Å². The minimum absolute atomic E-state index is 0.0367. The van der Waals surface area contributed by atoms with E-state index in [1.54, 1.807) is 14.2 Å². The largest absolute Gasteiger partial charge is 0.497 e. The van der Waals surface area contributed by atoms with Crippen molar-refractivity contribution in [1.29, 1.82) is 0 Å². The number of ether oxygens (including phenoxy) is 2. The van der Waals surface area contributed by atoms with Crippen molar-refractivity contribution >= 4 is 34.0 Å². The van der Waals surface area contributed by atoms with E-state index >= 15 is 0 Å². The summed E-state index contributed by atoms with van der Waals surface area (Å²) in [6.45, 7) is 4.78. The van der Waals surface area contributed by atoms with Crippen molar-refractivity contribution in [3.05, 3.63) is 132 Å². The van der Waals surface area contributed by atoms with Gasteiger partial charge in [0.1, 0.15) is 11.5 Å². The van der Waals surface area contributed by atoms with Gasteiger partial charge in [-0.25, -0.2) is 0 Å². The van der Waals surface area contributed by atoms with Crippen LogP contribution in [0.4, 0.5) is 0 Å². The Bertz CT molecular complexity index is 2290. The van der Waals surface area contributed by atoms with Gasteiger partial charge >= 0.3 is 0 Å². The quantitative estimate of drug-likeness (QED) is 0.117. The molecule has 256 valence electrons. The average molecular weight is 723 g/mol. The molecule has 7 aromatic rings. The van der Waals surface area contributed by atoms with Gasteiger partial charge in [-0.3, -0.25) is 0 Å². The summed E-state index contributed by atoms with van der Waals surface area (Å²) in [6.07, 6.45) is 6.20. The van der Waals surface area contributed by atoms with Gasteiger partial charge in [0, 0.05) is 34.7 Å². The van der Waals surface area contributed by atoms with E-state index in [1.165, 1.54) is 99.5 Å². The van der Waals surface area contributed by atoms with Crippen LogP contribution in [-0.2, 0) is 5.41 Å². The van der Waals surface area contributed by atoms with Gasteiger partial charge in [0.25, 0.3) is 0 Å². The van der Waals surface area contributed by atoms with E-state index < -0.39 is 0 Å². The fourth-order valence-corrected chi connectivity index (χ4v) is 10.7. The lowest BCUT2D eigenvalue weighted by molar-refractivity contribution is 0.415. The maximum absolute atomic E-state index is 5.43. The van der Waals surface area contributed by atoms with E-state index in [9.17, 15) is 0 Å². The molecule has 1 aliphatic carbocycles. The van der Waals surface area contributed by atoms with Crippen molar-refractivity contribution in [3.63, 3.8) is 0 Å². The number of unbranched alkanes of at least 4 members (excludes halogenated alkanes) is 3. The van der Waals surface area contributed by atoms with Crippen molar-refractivity contribution in [1.82, 2.24) is 0 Å². The van der Waals surface area contributed by atoms with Crippen LogP contribution in [0, 0.1) is 0 Å². The third-order valence-corrected chi connectivity index (χ3v) is 14.2. The summed E-state index contributed by atoms with van der Waals surface area (Å²) < 4.78 is 10.8. The minimum atomic E-state index is -0.0367. The lowest BCUT2D eigenvalue weighted by Crippen LogP contribution is -2.20. The maximum Gasteiger partial charge on any atom is 0.118 e. The summed E-state index contributed by atoms with van der Waals surface area (Å²) in [7, 11) is 3.43. The van der Waals surface area contributed by atoms with Crippen LogP contribution in [0.1, 0.15) is 57.1 Å². The normalized spacial score (nSPS) is 14.7. The van der Waals surface area contributed by atoms with Gasteiger partial charge in [0.2, 0.25) is 0 Å². The molecule has 0 aliphatic heterocycles. The molecule has 0 spiro atoms.